The highest BCUT2D eigenvalue weighted by molar-refractivity contribution is 7.86. The predicted molar refractivity (Wildman–Crippen MR) is 48.4 cm³/mol. The van der Waals surface area contributed by atoms with Gasteiger partial charge in [0.25, 0.3) is 0 Å². The van der Waals surface area contributed by atoms with Gasteiger partial charge in [-0.25, -0.2) is 8.42 Å². The molecule has 4 nitrogen and oxygen atoms in total. The van der Waals surface area contributed by atoms with E-state index in [0.29, 0.717) is 0 Å². The van der Waals surface area contributed by atoms with Gasteiger partial charge in [-0.15, -0.1) is 0 Å². The summed E-state index contributed by atoms with van der Waals surface area (Å²) >= 11 is 0. The van der Waals surface area contributed by atoms with Crippen LogP contribution in [0.3, 0.4) is 0 Å². The van der Waals surface area contributed by atoms with Crippen LogP contribution in [-0.2, 0) is 16.7 Å². The fraction of sp³-hybridized carbons (Fsp3) is 0.375. The van der Waals surface area contributed by atoms with Crippen LogP contribution in [0.4, 0.5) is 26.3 Å². The van der Waals surface area contributed by atoms with Crippen molar-refractivity contribution < 1.29 is 43.9 Å². The second-order valence-corrected chi connectivity index (χ2v) is 4.43. The Morgan fingerprint density at radius 1 is 0.947 bits per heavy atom. The lowest BCUT2D eigenvalue weighted by atomic mass is 10.5. The molecule has 0 saturated heterocycles. The topological polar surface area (TPSA) is 61.1 Å². The minimum absolute atomic E-state index is 0.923. The molecule has 0 aliphatic heterocycles. The fourth-order valence-corrected chi connectivity index (χ4v) is 0.747. The summed E-state index contributed by atoms with van der Waals surface area (Å²) in [6.07, 6.45) is -1.37. The molecule has 110 valence electrons. The molecule has 0 bridgehead atoms. The quantitative estimate of drug-likeness (QED) is 0.342. The van der Waals surface area contributed by atoms with E-state index in [9.17, 15) is 26.3 Å². The van der Waals surface area contributed by atoms with Crippen molar-refractivity contribution in [3.63, 3.8) is 0 Å². The maximum atomic E-state index is 11.7. The zero-order chi connectivity index (χ0) is 15.3. The highest BCUT2D eigenvalue weighted by Crippen LogP contribution is 2.20. The first-order chi connectivity index (χ1) is 8.33. The predicted octanol–water partition coefficient (Wildman–Crippen LogP) is 1.59. The average Bonchev–Trinajstić information content (AvgIpc) is 2.14. The number of alkyl halides is 6. The lowest BCUT2D eigenvalue weighted by Crippen LogP contribution is -2.40. The Kier molecular flexibility index (Phi) is 5.75. The normalized spacial score (nSPS) is 12.6. The minimum atomic E-state index is -6.09. The first-order valence-electron chi connectivity index (χ1n) is 4.36. The van der Waals surface area contributed by atoms with Gasteiger partial charge >= 0.3 is 11.7 Å². The largest absolute Gasteiger partial charge is 0.741 e. The van der Waals surface area contributed by atoms with Crippen LogP contribution >= 0.6 is 0 Å². The van der Waals surface area contributed by atoms with Gasteiger partial charge in [-0.05, 0) is 0 Å². The Hall–Kier alpha value is -1.36. The molecule has 0 atom stereocenters. The summed E-state index contributed by atoms with van der Waals surface area (Å²) in [7, 11) is -6.09. The summed E-state index contributed by atoms with van der Waals surface area (Å²) in [6, 6.07) is 4.80. The van der Waals surface area contributed by atoms with Crippen LogP contribution in [0.25, 0.3) is 0 Å². The third kappa shape index (κ3) is 8.37. The molecule has 0 amide bonds. The van der Waals surface area contributed by atoms with Gasteiger partial charge < -0.3 is 4.55 Å². The Bertz CT molecular complexity index is 481. The van der Waals surface area contributed by atoms with E-state index < -0.39 is 28.3 Å². The molecule has 1 aromatic rings. The monoisotopic (exact) mass is 311 g/mol. The van der Waals surface area contributed by atoms with E-state index in [-0.39, 0.29) is 0 Å². The van der Waals surface area contributed by atoms with Gasteiger partial charge in [-0.2, -0.15) is 30.9 Å². The average molecular weight is 311 g/mol. The number of halogens is 6. The van der Waals surface area contributed by atoms with Crippen molar-refractivity contribution >= 4 is 10.1 Å². The molecule has 0 aliphatic carbocycles. The van der Waals surface area contributed by atoms with Gasteiger partial charge in [0, 0.05) is 12.1 Å². The molecule has 0 fully saturated rings. The molecule has 1 aromatic heterocycles. The number of hydrogen-bond donors (Lipinski definition) is 0. The first kappa shape index (κ1) is 17.6. The van der Waals surface area contributed by atoms with Gasteiger partial charge in [-0.1, -0.05) is 6.07 Å². The van der Waals surface area contributed by atoms with Crippen LogP contribution in [0.1, 0.15) is 0 Å². The Morgan fingerprint density at radius 3 is 1.58 bits per heavy atom. The second kappa shape index (κ2) is 6.19. The Morgan fingerprint density at radius 2 is 1.32 bits per heavy atom. The third-order valence-electron chi connectivity index (χ3n) is 1.42. The van der Waals surface area contributed by atoms with E-state index in [1.165, 1.54) is 12.4 Å². The van der Waals surface area contributed by atoms with Crippen molar-refractivity contribution in [2.24, 2.45) is 0 Å². The highest BCUT2D eigenvalue weighted by atomic mass is 32.2. The fourth-order valence-electron chi connectivity index (χ4n) is 0.747. The smallest absolute Gasteiger partial charge is 0.485 e. The molecule has 11 heteroatoms. The summed E-state index contributed by atoms with van der Waals surface area (Å²) in [4.78, 5) is 0. The van der Waals surface area contributed by atoms with Gasteiger partial charge in [0.05, 0.1) is 0 Å². The summed E-state index contributed by atoms with van der Waals surface area (Å²) in [6.45, 7) is -0.923. The molecule has 0 N–H and O–H groups in total. The minimum Gasteiger partial charge on any atom is -0.741 e. The standard InChI is InChI=1S/C7H7F3N.CHF3O3S/c8-7(9,10)6-11-4-2-1-3-5-11;2-1(3,4)8(5,6)7/h1-5H,6H2;(H,5,6,7)/q+1;/p-1. The molecule has 0 aromatic carbocycles. The summed E-state index contributed by atoms with van der Waals surface area (Å²) in [5.74, 6) is 0. The zero-order valence-electron chi connectivity index (χ0n) is 8.94. The third-order valence-corrected chi connectivity index (χ3v) is 1.99. The van der Waals surface area contributed by atoms with Crippen molar-refractivity contribution in [3.8, 4) is 0 Å². The molecule has 19 heavy (non-hydrogen) atoms. The maximum absolute atomic E-state index is 11.7. The van der Waals surface area contributed by atoms with Gasteiger partial charge in [0.1, 0.15) is 0 Å². The summed E-state index contributed by atoms with van der Waals surface area (Å²) < 4.78 is 95.1. The van der Waals surface area contributed by atoms with Crippen molar-refractivity contribution in [2.45, 2.75) is 18.2 Å². The molecule has 0 radical (unpaired) electrons. The van der Waals surface area contributed by atoms with E-state index >= 15 is 0 Å². The van der Waals surface area contributed by atoms with Gasteiger partial charge in [0.2, 0.25) is 6.54 Å². The van der Waals surface area contributed by atoms with Crippen LogP contribution in [-0.4, -0.2) is 24.7 Å². The molecule has 0 unspecified atom stereocenters. The SMILES string of the molecule is FC(F)(F)C[n+]1ccccc1.O=S(=O)([O-])C(F)(F)F. The van der Waals surface area contributed by atoms with Crippen molar-refractivity contribution in [1.29, 1.82) is 0 Å². The Balaban J connectivity index is 0.000000362. The second-order valence-electron chi connectivity index (χ2n) is 3.06. The van der Waals surface area contributed by atoms with Crippen LogP contribution < -0.4 is 4.57 Å². The van der Waals surface area contributed by atoms with Gasteiger partial charge in [-0.3, -0.25) is 0 Å². The molecule has 0 saturated carbocycles. The van der Waals surface area contributed by atoms with Crippen molar-refractivity contribution in [2.75, 3.05) is 0 Å². The number of pyridine rings is 1. The molecule has 1 heterocycles. The first-order valence-corrected chi connectivity index (χ1v) is 5.77. The zero-order valence-corrected chi connectivity index (χ0v) is 9.76. The number of nitrogens with zero attached hydrogens (tertiary/aromatic N) is 1. The molecular weight excluding hydrogens is 304 g/mol. The van der Waals surface area contributed by atoms with Crippen molar-refractivity contribution in [3.05, 3.63) is 30.6 Å². The lowest BCUT2D eigenvalue weighted by molar-refractivity contribution is -0.719. The lowest BCUT2D eigenvalue weighted by Gasteiger charge is -2.08. The van der Waals surface area contributed by atoms with E-state index in [1.807, 2.05) is 0 Å². The van der Waals surface area contributed by atoms with E-state index in [1.54, 1.807) is 18.2 Å². The Labute approximate surface area is 104 Å². The van der Waals surface area contributed by atoms with E-state index in [0.717, 1.165) is 4.57 Å². The van der Waals surface area contributed by atoms with Gasteiger partial charge in [0.15, 0.2) is 22.5 Å². The molecule has 0 aliphatic rings. The summed E-state index contributed by atoms with van der Waals surface area (Å²) in [5, 5.41) is 0. The van der Waals surface area contributed by atoms with Crippen LogP contribution in [0.15, 0.2) is 30.6 Å². The maximum Gasteiger partial charge on any atom is 0.485 e. The van der Waals surface area contributed by atoms with Crippen LogP contribution in [0.5, 0.6) is 0 Å². The van der Waals surface area contributed by atoms with E-state index in [2.05, 4.69) is 0 Å². The summed E-state index contributed by atoms with van der Waals surface area (Å²) in [5.41, 5.74) is -5.65. The van der Waals surface area contributed by atoms with Crippen LogP contribution in [0, 0.1) is 0 Å². The number of hydrogen-bond acceptors (Lipinski definition) is 3. The number of rotatable bonds is 1. The highest BCUT2D eigenvalue weighted by Gasteiger charge is 2.37. The van der Waals surface area contributed by atoms with E-state index in [4.69, 9.17) is 13.0 Å². The molecular formula is C8H7F6NO3S. The van der Waals surface area contributed by atoms with Crippen molar-refractivity contribution in [1.82, 2.24) is 0 Å². The van der Waals surface area contributed by atoms with Crippen LogP contribution in [0.2, 0.25) is 0 Å². The molecule has 1 rings (SSSR count). The number of aromatic nitrogens is 1. The molecule has 0 spiro atoms.